The van der Waals surface area contributed by atoms with Crippen LogP contribution in [-0.4, -0.2) is 32.3 Å². The van der Waals surface area contributed by atoms with Crippen LogP contribution < -0.4 is 15.4 Å². The van der Waals surface area contributed by atoms with Crippen molar-refractivity contribution in [3.8, 4) is 5.75 Å². The average Bonchev–Trinajstić information content (AvgIpc) is 2.43. The topological polar surface area (TPSA) is 50.4 Å². The van der Waals surface area contributed by atoms with Crippen LogP contribution in [0.3, 0.4) is 0 Å². The molecule has 0 atom stereocenters. The minimum atomic E-state index is -4.39. The minimum absolute atomic E-state index is 0.141. The smallest absolute Gasteiger partial charge is 0.422 e. The van der Waals surface area contributed by atoms with Crippen LogP contribution in [0.2, 0.25) is 0 Å². The highest BCUT2D eigenvalue weighted by atomic mass is 19.4. The summed E-state index contributed by atoms with van der Waals surface area (Å²) in [7, 11) is 1.80. The van der Waals surface area contributed by atoms with E-state index in [1.54, 1.807) is 26.1 Å². The summed E-state index contributed by atoms with van der Waals surface area (Å²) in [5, 5.41) is 5.62. The summed E-state index contributed by atoms with van der Waals surface area (Å²) in [6.07, 6.45) is -3.32. The van der Waals surface area contributed by atoms with E-state index in [2.05, 4.69) is 10.6 Å². The summed E-state index contributed by atoms with van der Waals surface area (Å²) < 4.78 is 41.6. The van der Waals surface area contributed by atoms with Gasteiger partial charge in [0.2, 0.25) is 5.91 Å². The zero-order chi connectivity index (χ0) is 16.6. The SMILES string of the molecule is CNCCCC(=O)NCc1ccc(C)cc1OCC(F)(F)F. The maximum absolute atomic E-state index is 12.3. The van der Waals surface area contributed by atoms with Gasteiger partial charge in [0.1, 0.15) is 5.75 Å². The number of alkyl halides is 3. The first-order valence-electron chi connectivity index (χ1n) is 7.02. The van der Waals surface area contributed by atoms with Crippen molar-refractivity contribution < 1.29 is 22.7 Å². The first kappa shape index (κ1) is 18.3. The van der Waals surface area contributed by atoms with Gasteiger partial charge in [-0.05, 0) is 38.6 Å². The highest BCUT2D eigenvalue weighted by molar-refractivity contribution is 5.75. The van der Waals surface area contributed by atoms with Crippen LogP contribution in [0.1, 0.15) is 24.0 Å². The molecule has 1 aromatic rings. The number of amides is 1. The Balaban J connectivity index is 2.60. The maximum Gasteiger partial charge on any atom is 0.422 e. The summed E-state index contributed by atoms with van der Waals surface area (Å²) in [5.41, 5.74) is 1.32. The molecule has 7 heteroatoms. The lowest BCUT2D eigenvalue weighted by Crippen LogP contribution is -2.25. The fraction of sp³-hybridized carbons (Fsp3) is 0.533. The summed E-state index contributed by atoms with van der Waals surface area (Å²) >= 11 is 0. The van der Waals surface area contributed by atoms with E-state index in [4.69, 9.17) is 4.74 Å². The van der Waals surface area contributed by atoms with Crippen LogP contribution >= 0.6 is 0 Å². The summed E-state index contributed by atoms with van der Waals surface area (Å²) in [6.45, 7) is 1.30. The van der Waals surface area contributed by atoms with E-state index < -0.39 is 12.8 Å². The van der Waals surface area contributed by atoms with Gasteiger partial charge >= 0.3 is 6.18 Å². The monoisotopic (exact) mass is 318 g/mol. The van der Waals surface area contributed by atoms with Gasteiger partial charge in [-0.1, -0.05) is 12.1 Å². The average molecular weight is 318 g/mol. The molecule has 1 rings (SSSR count). The number of ether oxygens (including phenoxy) is 1. The number of carbonyl (C=O) groups is 1. The molecule has 4 nitrogen and oxygen atoms in total. The molecule has 0 aliphatic rings. The second-order valence-electron chi connectivity index (χ2n) is 5.00. The molecule has 0 bridgehead atoms. The van der Waals surface area contributed by atoms with Gasteiger partial charge in [0.25, 0.3) is 0 Å². The fourth-order valence-corrected chi connectivity index (χ4v) is 1.81. The maximum atomic E-state index is 12.3. The second kappa shape index (κ2) is 8.63. The Hall–Kier alpha value is -1.76. The number of benzene rings is 1. The van der Waals surface area contributed by atoms with Crippen LogP contribution in [-0.2, 0) is 11.3 Å². The largest absolute Gasteiger partial charge is 0.484 e. The molecule has 0 aliphatic carbocycles. The number of halogens is 3. The predicted octanol–water partition coefficient (Wildman–Crippen LogP) is 2.55. The Morgan fingerprint density at radius 1 is 1.32 bits per heavy atom. The molecule has 1 amide bonds. The van der Waals surface area contributed by atoms with Crippen LogP contribution in [0.4, 0.5) is 13.2 Å². The molecule has 22 heavy (non-hydrogen) atoms. The number of carbonyl (C=O) groups excluding carboxylic acids is 1. The van der Waals surface area contributed by atoms with E-state index in [9.17, 15) is 18.0 Å². The molecule has 0 fully saturated rings. The van der Waals surface area contributed by atoms with Crippen molar-refractivity contribution >= 4 is 5.91 Å². The number of nitrogens with one attached hydrogen (secondary N) is 2. The van der Waals surface area contributed by atoms with Gasteiger partial charge < -0.3 is 15.4 Å². The lowest BCUT2D eigenvalue weighted by molar-refractivity contribution is -0.153. The normalized spacial score (nSPS) is 11.3. The van der Waals surface area contributed by atoms with Crippen molar-refractivity contribution in [2.75, 3.05) is 20.2 Å². The molecule has 124 valence electrons. The van der Waals surface area contributed by atoms with Crippen molar-refractivity contribution in [2.45, 2.75) is 32.5 Å². The molecule has 0 heterocycles. The van der Waals surface area contributed by atoms with Gasteiger partial charge in [-0.2, -0.15) is 13.2 Å². The summed E-state index contributed by atoms with van der Waals surface area (Å²) in [4.78, 5) is 11.6. The molecule has 0 unspecified atom stereocenters. The van der Waals surface area contributed by atoms with E-state index >= 15 is 0 Å². The molecular weight excluding hydrogens is 297 g/mol. The van der Waals surface area contributed by atoms with Crippen LogP contribution in [0, 0.1) is 6.92 Å². The molecule has 0 saturated carbocycles. The first-order valence-corrected chi connectivity index (χ1v) is 7.02. The molecule has 2 N–H and O–H groups in total. The Morgan fingerprint density at radius 3 is 2.68 bits per heavy atom. The number of hydrogen-bond acceptors (Lipinski definition) is 3. The van der Waals surface area contributed by atoms with Gasteiger partial charge in [-0.25, -0.2) is 0 Å². The number of hydrogen-bond donors (Lipinski definition) is 2. The highest BCUT2D eigenvalue weighted by Gasteiger charge is 2.28. The standard InChI is InChI=1S/C15H21F3N2O2/c1-11-5-6-12(9-20-14(21)4-3-7-19-2)13(8-11)22-10-15(16,17)18/h5-6,8,19H,3-4,7,9-10H2,1-2H3,(H,20,21). The van der Waals surface area contributed by atoms with E-state index in [0.29, 0.717) is 18.4 Å². The van der Waals surface area contributed by atoms with Crippen molar-refractivity contribution in [3.63, 3.8) is 0 Å². The lowest BCUT2D eigenvalue weighted by Gasteiger charge is -2.14. The summed E-state index contributed by atoms with van der Waals surface area (Å²) in [5.74, 6) is 0.00504. The van der Waals surface area contributed by atoms with E-state index in [1.165, 1.54) is 6.07 Å². The molecule has 0 saturated heterocycles. The Morgan fingerprint density at radius 2 is 2.05 bits per heavy atom. The van der Waals surface area contributed by atoms with Crippen molar-refractivity contribution in [1.29, 1.82) is 0 Å². The van der Waals surface area contributed by atoms with Crippen LogP contribution in [0.25, 0.3) is 0 Å². The van der Waals surface area contributed by atoms with Gasteiger partial charge in [-0.15, -0.1) is 0 Å². The first-order chi connectivity index (χ1) is 10.3. The van der Waals surface area contributed by atoms with Crippen molar-refractivity contribution in [1.82, 2.24) is 10.6 Å². The minimum Gasteiger partial charge on any atom is -0.484 e. The summed E-state index contributed by atoms with van der Waals surface area (Å²) in [6, 6.07) is 4.96. The Bertz CT molecular complexity index is 490. The fourth-order valence-electron chi connectivity index (χ4n) is 1.81. The quantitative estimate of drug-likeness (QED) is 0.724. The molecule has 0 spiro atoms. The van der Waals surface area contributed by atoms with Gasteiger partial charge in [0.15, 0.2) is 6.61 Å². The zero-order valence-electron chi connectivity index (χ0n) is 12.7. The second-order valence-corrected chi connectivity index (χ2v) is 5.00. The Labute approximate surface area is 128 Å². The lowest BCUT2D eigenvalue weighted by atomic mass is 10.1. The van der Waals surface area contributed by atoms with Gasteiger partial charge in [0, 0.05) is 18.5 Å². The van der Waals surface area contributed by atoms with Crippen molar-refractivity contribution in [2.24, 2.45) is 0 Å². The number of aryl methyl sites for hydroxylation is 1. The van der Waals surface area contributed by atoms with Gasteiger partial charge in [-0.3, -0.25) is 4.79 Å². The molecule has 0 aliphatic heterocycles. The molecule has 1 aromatic carbocycles. The van der Waals surface area contributed by atoms with Crippen molar-refractivity contribution in [3.05, 3.63) is 29.3 Å². The molecule has 0 radical (unpaired) electrons. The van der Waals surface area contributed by atoms with E-state index in [1.807, 2.05) is 0 Å². The van der Waals surface area contributed by atoms with Crippen LogP contribution in [0.5, 0.6) is 5.75 Å². The number of rotatable bonds is 8. The third-order valence-corrected chi connectivity index (χ3v) is 2.92. The van der Waals surface area contributed by atoms with E-state index in [-0.39, 0.29) is 18.2 Å². The van der Waals surface area contributed by atoms with Gasteiger partial charge in [0.05, 0.1) is 0 Å². The molecule has 0 aromatic heterocycles. The zero-order valence-corrected chi connectivity index (χ0v) is 12.7. The Kier molecular flexibility index (Phi) is 7.17. The third-order valence-electron chi connectivity index (χ3n) is 2.92. The third kappa shape index (κ3) is 7.31. The van der Waals surface area contributed by atoms with E-state index in [0.717, 1.165) is 12.1 Å². The highest BCUT2D eigenvalue weighted by Crippen LogP contribution is 2.23. The van der Waals surface area contributed by atoms with Crippen LogP contribution in [0.15, 0.2) is 18.2 Å². The predicted molar refractivity (Wildman–Crippen MR) is 77.7 cm³/mol. The molecular formula is C15H21F3N2O2.